The van der Waals surface area contributed by atoms with Gasteiger partial charge >= 0.3 is 0 Å². The van der Waals surface area contributed by atoms with Crippen LogP contribution in [0.5, 0.6) is 0 Å². The van der Waals surface area contributed by atoms with Crippen molar-refractivity contribution in [2.45, 2.75) is 34.1 Å². The van der Waals surface area contributed by atoms with E-state index in [4.69, 9.17) is 0 Å². The van der Waals surface area contributed by atoms with Crippen LogP contribution < -0.4 is 0 Å². The Balaban J connectivity index is 0.000000461. The average Bonchev–Trinajstić information content (AvgIpc) is 2.65. The fraction of sp³-hybridized carbons (Fsp3) is 0.417. The number of aryl methyl sites for hydroxylation is 2. The summed E-state index contributed by atoms with van der Waals surface area (Å²) in [5.74, 6) is 0. The van der Waals surface area contributed by atoms with E-state index < -0.39 is 0 Å². The van der Waals surface area contributed by atoms with E-state index in [1.807, 2.05) is 13.8 Å². The minimum Gasteiger partial charge on any atom is -0.241 e. The van der Waals surface area contributed by atoms with Crippen LogP contribution in [-0.4, -0.2) is 4.98 Å². The molecule has 0 spiro atoms. The fourth-order valence-corrected chi connectivity index (χ4v) is 2.27. The molecular weight excluding hydrogens is 190 g/mol. The first kappa shape index (κ1) is 11.2. The van der Waals surface area contributed by atoms with Crippen molar-refractivity contribution in [3.8, 4) is 0 Å². The van der Waals surface area contributed by atoms with Crippen LogP contribution in [0.1, 0.15) is 31.3 Å². The number of thiazole rings is 1. The molecule has 2 heteroatoms. The van der Waals surface area contributed by atoms with Crippen LogP contribution in [0.25, 0.3) is 10.2 Å². The summed E-state index contributed by atoms with van der Waals surface area (Å²) < 4.78 is 1.31. The van der Waals surface area contributed by atoms with E-state index in [0.717, 1.165) is 6.42 Å². The monoisotopic (exact) mass is 207 g/mol. The number of rotatable bonds is 1. The zero-order valence-corrected chi connectivity index (χ0v) is 10.1. The molecule has 1 aromatic heterocycles. The second-order valence-corrected chi connectivity index (χ2v) is 4.00. The minimum absolute atomic E-state index is 1.04. The van der Waals surface area contributed by atoms with Crippen molar-refractivity contribution >= 4 is 21.6 Å². The maximum Gasteiger partial charge on any atom is 0.0935 e. The number of para-hydroxylation sites is 1. The van der Waals surface area contributed by atoms with Gasteiger partial charge in [0.25, 0.3) is 0 Å². The Morgan fingerprint density at radius 2 is 2.00 bits per heavy atom. The van der Waals surface area contributed by atoms with Gasteiger partial charge in [-0.15, -0.1) is 11.3 Å². The molecule has 0 N–H and O–H groups in total. The standard InChI is InChI=1S/C10H11NS.C2H6/c1-3-9-11-10-7(2)5-4-6-8(10)12-9;1-2/h4-6H,3H2,1-2H3;1-2H3. The van der Waals surface area contributed by atoms with Gasteiger partial charge in [0.2, 0.25) is 0 Å². The predicted molar refractivity (Wildman–Crippen MR) is 65.1 cm³/mol. The molecule has 1 heterocycles. The van der Waals surface area contributed by atoms with Gasteiger partial charge in [-0.1, -0.05) is 32.9 Å². The Kier molecular flexibility index (Phi) is 4.08. The topological polar surface area (TPSA) is 12.9 Å². The quantitative estimate of drug-likeness (QED) is 0.683. The van der Waals surface area contributed by atoms with Crippen molar-refractivity contribution < 1.29 is 0 Å². The first-order valence-electron chi connectivity index (χ1n) is 5.16. The smallest absolute Gasteiger partial charge is 0.0935 e. The van der Waals surface area contributed by atoms with Crippen LogP contribution in [0.4, 0.5) is 0 Å². The zero-order valence-electron chi connectivity index (χ0n) is 9.29. The van der Waals surface area contributed by atoms with Crippen LogP contribution in [0.3, 0.4) is 0 Å². The third kappa shape index (κ3) is 2.13. The van der Waals surface area contributed by atoms with E-state index in [1.165, 1.54) is 20.8 Å². The molecule has 0 atom stereocenters. The van der Waals surface area contributed by atoms with E-state index in [9.17, 15) is 0 Å². The van der Waals surface area contributed by atoms with Crippen molar-refractivity contribution in [1.82, 2.24) is 4.98 Å². The summed E-state index contributed by atoms with van der Waals surface area (Å²) in [5, 5.41) is 1.24. The van der Waals surface area contributed by atoms with Gasteiger partial charge in [-0.3, -0.25) is 0 Å². The van der Waals surface area contributed by atoms with Gasteiger partial charge in [-0.2, -0.15) is 0 Å². The fourth-order valence-electron chi connectivity index (χ4n) is 1.28. The molecule has 0 aliphatic heterocycles. The Morgan fingerprint density at radius 1 is 1.29 bits per heavy atom. The Labute approximate surface area is 89.8 Å². The number of nitrogens with zero attached hydrogens (tertiary/aromatic N) is 1. The van der Waals surface area contributed by atoms with Crippen LogP contribution >= 0.6 is 11.3 Å². The highest BCUT2D eigenvalue weighted by Crippen LogP contribution is 2.24. The van der Waals surface area contributed by atoms with Gasteiger partial charge in [0.1, 0.15) is 0 Å². The van der Waals surface area contributed by atoms with E-state index in [2.05, 4.69) is 37.0 Å². The summed E-state index contributed by atoms with van der Waals surface area (Å²) in [5.41, 5.74) is 2.46. The summed E-state index contributed by atoms with van der Waals surface area (Å²) in [6.45, 7) is 8.26. The number of hydrogen-bond donors (Lipinski definition) is 0. The third-order valence-corrected chi connectivity index (χ3v) is 3.13. The molecule has 0 fully saturated rings. The Bertz CT molecular complexity index is 404. The van der Waals surface area contributed by atoms with Gasteiger partial charge in [0.15, 0.2) is 0 Å². The van der Waals surface area contributed by atoms with Gasteiger partial charge < -0.3 is 0 Å². The zero-order chi connectivity index (χ0) is 10.6. The molecule has 76 valence electrons. The molecule has 0 saturated heterocycles. The maximum absolute atomic E-state index is 4.55. The molecule has 1 aromatic carbocycles. The molecule has 0 saturated carbocycles. The third-order valence-electron chi connectivity index (χ3n) is 1.97. The Hall–Kier alpha value is -0.890. The molecule has 0 bridgehead atoms. The molecule has 0 unspecified atom stereocenters. The minimum atomic E-state index is 1.04. The SMILES string of the molecule is CC.CCc1nc2c(C)cccc2s1. The molecule has 0 aliphatic rings. The summed E-state index contributed by atoms with van der Waals surface area (Å²) >= 11 is 1.80. The first-order valence-corrected chi connectivity index (χ1v) is 5.98. The molecule has 2 rings (SSSR count). The average molecular weight is 207 g/mol. The highest BCUT2D eigenvalue weighted by atomic mass is 32.1. The summed E-state index contributed by atoms with van der Waals surface area (Å²) in [6.07, 6.45) is 1.04. The van der Waals surface area contributed by atoms with E-state index >= 15 is 0 Å². The van der Waals surface area contributed by atoms with E-state index in [0.29, 0.717) is 0 Å². The van der Waals surface area contributed by atoms with Gasteiger partial charge in [-0.05, 0) is 25.0 Å². The lowest BCUT2D eigenvalue weighted by molar-refractivity contribution is 1.11. The van der Waals surface area contributed by atoms with Crippen molar-refractivity contribution in [3.05, 3.63) is 28.8 Å². The van der Waals surface area contributed by atoms with Crippen molar-refractivity contribution in [3.63, 3.8) is 0 Å². The number of benzene rings is 1. The number of fused-ring (bicyclic) bond motifs is 1. The van der Waals surface area contributed by atoms with Crippen molar-refractivity contribution in [1.29, 1.82) is 0 Å². The van der Waals surface area contributed by atoms with E-state index in [-0.39, 0.29) is 0 Å². The number of aromatic nitrogens is 1. The lowest BCUT2D eigenvalue weighted by atomic mass is 10.2. The summed E-state index contributed by atoms with van der Waals surface area (Å²) in [7, 11) is 0. The lowest BCUT2D eigenvalue weighted by Crippen LogP contribution is -1.77. The van der Waals surface area contributed by atoms with Gasteiger partial charge in [-0.25, -0.2) is 4.98 Å². The summed E-state index contributed by atoms with van der Waals surface area (Å²) in [6, 6.07) is 6.34. The molecule has 1 nitrogen and oxygen atoms in total. The van der Waals surface area contributed by atoms with Crippen LogP contribution in [0.2, 0.25) is 0 Å². The highest BCUT2D eigenvalue weighted by Gasteiger charge is 2.02. The van der Waals surface area contributed by atoms with Crippen LogP contribution in [0.15, 0.2) is 18.2 Å². The summed E-state index contributed by atoms with van der Waals surface area (Å²) in [4.78, 5) is 4.55. The van der Waals surface area contributed by atoms with Gasteiger partial charge in [0.05, 0.1) is 15.2 Å². The largest absolute Gasteiger partial charge is 0.241 e. The molecular formula is C12H17NS. The van der Waals surface area contributed by atoms with Crippen LogP contribution in [0, 0.1) is 6.92 Å². The number of hydrogen-bond acceptors (Lipinski definition) is 2. The van der Waals surface area contributed by atoms with E-state index in [1.54, 1.807) is 11.3 Å². The predicted octanol–water partition coefficient (Wildman–Crippen LogP) is 4.19. The molecule has 0 radical (unpaired) electrons. The maximum atomic E-state index is 4.55. The Morgan fingerprint density at radius 3 is 2.57 bits per heavy atom. The highest BCUT2D eigenvalue weighted by molar-refractivity contribution is 7.18. The van der Waals surface area contributed by atoms with Crippen LogP contribution in [-0.2, 0) is 6.42 Å². The first-order chi connectivity index (χ1) is 6.81. The van der Waals surface area contributed by atoms with Crippen molar-refractivity contribution in [2.75, 3.05) is 0 Å². The second-order valence-electron chi connectivity index (χ2n) is 2.88. The molecule has 2 aromatic rings. The van der Waals surface area contributed by atoms with Crippen molar-refractivity contribution in [2.24, 2.45) is 0 Å². The lowest BCUT2D eigenvalue weighted by Gasteiger charge is -1.90. The molecule has 0 amide bonds. The molecule has 0 aliphatic carbocycles. The van der Waals surface area contributed by atoms with Gasteiger partial charge in [0, 0.05) is 0 Å². The second kappa shape index (κ2) is 5.11. The molecule has 14 heavy (non-hydrogen) atoms. The normalized spacial score (nSPS) is 9.71.